The van der Waals surface area contributed by atoms with Gasteiger partial charge >= 0.3 is 0 Å². The Balaban J connectivity index is 2.56. The third-order valence-electron chi connectivity index (χ3n) is 2.69. The standard InChI is InChI=1S/C14H8ClF3O/c1-7-5-9(12(17)6-11(7)16)14(19)8-3-2-4-10(15)13(8)18/h2-6H,1H3. The first kappa shape index (κ1) is 13.6. The maximum atomic E-state index is 13.7. The first-order valence-corrected chi connectivity index (χ1v) is 5.74. The average molecular weight is 285 g/mol. The smallest absolute Gasteiger partial charge is 0.198 e. The number of benzene rings is 2. The van der Waals surface area contributed by atoms with Gasteiger partial charge in [0.15, 0.2) is 11.6 Å². The number of carbonyl (C=O) groups is 1. The van der Waals surface area contributed by atoms with Crippen molar-refractivity contribution >= 4 is 17.4 Å². The predicted molar refractivity (Wildman–Crippen MR) is 65.9 cm³/mol. The monoisotopic (exact) mass is 284 g/mol. The van der Waals surface area contributed by atoms with Crippen molar-refractivity contribution < 1.29 is 18.0 Å². The molecule has 0 saturated heterocycles. The minimum atomic E-state index is -1.03. The summed E-state index contributed by atoms with van der Waals surface area (Å²) in [6.07, 6.45) is 0. The van der Waals surface area contributed by atoms with E-state index in [1.54, 1.807) is 0 Å². The molecule has 1 nitrogen and oxygen atoms in total. The van der Waals surface area contributed by atoms with Crippen LogP contribution in [0.2, 0.25) is 5.02 Å². The first-order valence-electron chi connectivity index (χ1n) is 5.36. The lowest BCUT2D eigenvalue weighted by atomic mass is 10.0. The van der Waals surface area contributed by atoms with Crippen LogP contribution in [0.1, 0.15) is 21.5 Å². The van der Waals surface area contributed by atoms with Crippen molar-refractivity contribution in [1.29, 1.82) is 0 Å². The van der Waals surface area contributed by atoms with Crippen molar-refractivity contribution in [2.45, 2.75) is 6.92 Å². The molecule has 0 aliphatic rings. The Kier molecular flexibility index (Phi) is 3.62. The number of carbonyl (C=O) groups excluding carboxylic acids is 1. The largest absolute Gasteiger partial charge is 0.288 e. The summed E-state index contributed by atoms with van der Waals surface area (Å²) in [5, 5.41) is -0.231. The summed E-state index contributed by atoms with van der Waals surface area (Å²) in [5.41, 5.74) is -0.635. The third-order valence-corrected chi connectivity index (χ3v) is 2.98. The normalized spacial score (nSPS) is 10.6. The van der Waals surface area contributed by atoms with Gasteiger partial charge in [0.05, 0.1) is 16.1 Å². The van der Waals surface area contributed by atoms with Crippen LogP contribution in [0, 0.1) is 24.4 Å². The topological polar surface area (TPSA) is 17.1 Å². The van der Waals surface area contributed by atoms with Gasteiger partial charge in [0.25, 0.3) is 0 Å². The van der Waals surface area contributed by atoms with Crippen LogP contribution in [0.3, 0.4) is 0 Å². The number of rotatable bonds is 2. The predicted octanol–water partition coefficient (Wildman–Crippen LogP) is 4.30. The summed E-state index contributed by atoms with van der Waals surface area (Å²) < 4.78 is 40.4. The Labute approximate surface area is 112 Å². The fraction of sp³-hybridized carbons (Fsp3) is 0.0714. The molecule has 0 spiro atoms. The van der Waals surface area contributed by atoms with Gasteiger partial charge in [-0.05, 0) is 30.7 Å². The van der Waals surface area contributed by atoms with E-state index in [2.05, 4.69) is 0 Å². The van der Waals surface area contributed by atoms with Crippen molar-refractivity contribution in [2.24, 2.45) is 0 Å². The van der Waals surface area contributed by atoms with Gasteiger partial charge < -0.3 is 0 Å². The molecule has 0 atom stereocenters. The van der Waals surface area contributed by atoms with Gasteiger partial charge in [0, 0.05) is 6.07 Å². The van der Waals surface area contributed by atoms with E-state index < -0.39 is 23.2 Å². The van der Waals surface area contributed by atoms with E-state index in [4.69, 9.17) is 11.6 Å². The van der Waals surface area contributed by atoms with Crippen molar-refractivity contribution in [2.75, 3.05) is 0 Å². The molecule has 5 heteroatoms. The zero-order valence-electron chi connectivity index (χ0n) is 9.81. The molecular weight excluding hydrogens is 277 g/mol. The Bertz CT molecular complexity index is 668. The summed E-state index contributed by atoms with van der Waals surface area (Å²) in [6.45, 7) is 1.39. The average Bonchev–Trinajstić information content (AvgIpc) is 2.36. The van der Waals surface area contributed by atoms with E-state index in [1.165, 1.54) is 25.1 Å². The zero-order chi connectivity index (χ0) is 14.2. The minimum Gasteiger partial charge on any atom is -0.288 e. The molecule has 0 aliphatic carbocycles. The lowest BCUT2D eigenvalue weighted by Gasteiger charge is -2.06. The SMILES string of the molecule is Cc1cc(C(=O)c2cccc(Cl)c2F)c(F)cc1F. The maximum absolute atomic E-state index is 13.7. The van der Waals surface area contributed by atoms with Crippen molar-refractivity contribution in [3.63, 3.8) is 0 Å². The molecule has 0 saturated carbocycles. The number of hydrogen-bond acceptors (Lipinski definition) is 1. The molecule has 98 valence electrons. The van der Waals surface area contributed by atoms with Crippen LogP contribution in [-0.2, 0) is 0 Å². The van der Waals surface area contributed by atoms with Crippen LogP contribution < -0.4 is 0 Å². The molecule has 0 amide bonds. The van der Waals surface area contributed by atoms with Crippen LogP contribution in [0.25, 0.3) is 0 Å². The third kappa shape index (κ3) is 2.49. The zero-order valence-corrected chi connectivity index (χ0v) is 10.6. The highest BCUT2D eigenvalue weighted by Gasteiger charge is 2.20. The number of ketones is 1. The molecule has 0 bridgehead atoms. The van der Waals surface area contributed by atoms with Crippen molar-refractivity contribution in [1.82, 2.24) is 0 Å². The Morgan fingerprint density at radius 1 is 1.05 bits per heavy atom. The molecule has 0 aliphatic heterocycles. The summed E-state index contributed by atoms with van der Waals surface area (Å²) in [5.74, 6) is -3.59. The second-order valence-electron chi connectivity index (χ2n) is 4.01. The molecule has 0 heterocycles. The Hall–Kier alpha value is -1.81. The molecule has 2 aromatic rings. The van der Waals surface area contributed by atoms with Crippen LogP contribution in [-0.4, -0.2) is 5.78 Å². The van der Waals surface area contributed by atoms with E-state index in [9.17, 15) is 18.0 Å². The molecule has 19 heavy (non-hydrogen) atoms. The lowest BCUT2D eigenvalue weighted by molar-refractivity contribution is 0.103. The lowest BCUT2D eigenvalue weighted by Crippen LogP contribution is -2.08. The highest BCUT2D eigenvalue weighted by Crippen LogP contribution is 2.23. The van der Waals surface area contributed by atoms with Crippen LogP contribution in [0.5, 0.6) is 0 Å². The second-order valence-corrected chi connectivity index (χ2v) is 4.42. The molecule has 0 unspecified atom stereocenters. The van der Waals surface area contributed by atoms with Gasteiger partial charge in [-0.2, -0.15) is 0 Å². The molecule has 0 radical (unpaired) electrons. The van der Waals surface area contributed by atoms with Gasteiger partial charge in [0.2, 0.25) is 0 Å². The molecule has 0 N–H and O–H groups in total. The Morgan fingerprint density at radius 3 is 2.42 bits per heavy atom. The summed E-state index contributed by atoms with van der Waals surface area (Å²) in [4.78, 5) is 12.0. The van der Waals surface area contributed by atoms with Crippen LogP contribution >= 0.6 is 11.6 Å². The minimum absolute atomic E-state index is 0.104. The number of aryl methyl sites for hydroxylation is 1. The van der Waals surface area contributed by atoms with E-state index in [1.807, 2.05) is 0 Å². The first-order chi connectivity index (χ1) is 8.91. The molecule has 0 aromatic heterocycles. The highest BCUT2D eigenvalue weighted by atomic mass is 35.5. The Morgan fingerprint density at radius 2 is 1.74 bits per heavy atom. The maximum Gasteiger partial charge on any atom is 0.198 e. The summed E-state index contributed by atoms with van der Waals surface area (Å²) >= 11 is 5.56. The van der Waals surface area contributed by atoms with E-state index in [0.29, 0.717) is 6.07 Å². The molecule has 0 fully saturated rings. The van der Waals surface area contributed by atoms with E-state index >= 15 is 0 Å². The fourth-order valence-electron chi connectivity index (χ4n) is 1.66. The molecular formula is C14H8ClF3O. The summed E-state index contributed by atoms with van der Waals surface area (Å²) in [7, 11) is 0. The molecule has 2 aromatic carbocycles. The number of halogens is 4. The van der Waals surface area contributed by atoms with Crippen molar-refractivity contribution in [3.8, 4) is 0 Å². The van der Waals surface area contributed by atoms with Gasteiger partial charge in [-0.15, -0.1) is 0 Å². The van der Waals surface area contributed by atoms with Crippen LogP contribution in [0.4, 0.5) is 13.2 Å². The molecule has 2 rings (SSSR count). The van der Waals surface area contributed by atoms with Crippen molar-refractivity contribution in [3.05, 3.63) is 69.5 Å². The van der Waals surface area contributed by atoms with Gasteiger partial charge in [0.1, 0.15) is 11.6 Å². The van der Waals surface area contributed by atoms with Crippen LogP contribution in [0.15, 0.2) is 30.3 Å². The highest BCUT2D eigenvalue weighted by molar-refractivity contribution is 6.31. The quantitative estimate of drug-likeness (QED) is 0.752. The van der Waals surface area contributed by atoms with E-state index in [0.717, 1.165) is 6.07 Å². The second kappa shape index (κ2) is 5.05. The summed E-state index contributed by atoms with van der Waals surface area (Å²) in [6, 6.07) is 5.51. The van der Waals surface area contributed by atoms with Gasteiger partial charge in [-0.25, -0.2) is 13.2 Å². The fourth-order valence-corrected chi connectivity index (χ4v) is 1.83. The van der Waals surface area contributed by atoms with Gasteiger partial charge in [-0.1, -0.05) is 17.7 Å². The van der Waals surface area contributed by atoms with Gasteiger partial charge in [-0.3, -0.25) is 4.79 Å². The number of hydrogen-bond donors (Lipinski definition) is 0. The van der Waals surface area contributed by atoms with E-state index in [-0.39, 0.29) is 21.7 Å².